The molecule has 0 unspecified atom stereocenters. The standard InChI is InChI=1S/C25H33N3O2/c29-25(23-13-4-5-14-24(23)30-22-11-8-12-22)26-15-6-7-16-27-17-19-28(20-18-27)21-9-2-1-3-10-21/h1-5,9-10,13-14,22H,6-8,11-12,15-20H2,(H,26,29). The molecule has 2 aromatic carbocycles. The summed E-state index contributed by atoms with van der Waals surface area (Å²) in [5.74, 6) is 0.692. The Balaban J connectivity index is 1.13. The summed E-state index contributed by atoms with van der Waals surface area (Å²) in [7, 11) is 0. The van der Waals surface area contributed by atoms with Gasteiger partial charge in [-0.3, -0.25) is 9.69 Å². The maximum Gasteiger partial charge on any atom is 0.255 e. The van der Waals surface area contributed by atoms with E-state index in [1.807, 2.05) is 24.3 Å². The minimum Gasteiger partial charge on any atom is -0.490 e. The fourth-order valence-electron chi connectivity index (χ4n) is 4.05. The lowest BCUT2D eigenvalue weighted by atomic mass is 9.96. The molecule has 5 heteroatoms. The fraction of sp³-hybridized carbons (Fsp3) is 0.480. The Morgan fingerprint density at radius 3 is 2.40 bits per heavy atom. The van der Waals surface area contributed by atoms with E-state index in [9.17, 15) is 4.79 Å². The van der Waals surface area contributed by atoms with Gasteiger partial charge in [-0.1, -0.05) is 30.3 Å². The SMILES string of the molecule is O=C(NCCCCN1CCN(c2ccccc2)CC1)c1ccccc1OC1CCC1. The van der Waals surface area contributed by atoms with Gasteiger partial charge in [0, 0.05) is 38.4 Å². The quantitative estimate of drug-likeness (QED) is 0.640. The summed E-state index contributed by atoms with van der Waals surface area (Å²) in [4.78, 5) is 17.6. The van der Waals surface area contributed by atoms with Crippen LogP contribution in [0.4, 0.5) is 5.69 Å². The highest BCUT2D eigenvalue weighted by molar-refractivity contribution is 5.96. The Kier molecular flexibility index (Phi) is 7.25. The minimum absolute atomic E-state index is 0.0265. The van der Waals surface area contributed by atoms with Crippen LogP contribution in [0.5, 0.6) is 5.75 Å². The van der Waals surface area contributed by atoms with Crippen molar-refractivity contribution in [2.24, 2.45) is 0 Å². The third kappa shape index (κ3) is 5.54. The van der Waals surface area contributed by atoms with Crippen molar-refractivity contribution in [3.8, 4) is 5.75 Å². The molecule has 0 bridgehead atoms. The summed E-state index contributed by atoms with van der Waals surface area (Å²) in [6.07, 6.45) is 5.79. The van der Waals surface area contributed by atoms with Crippen molar-refractivity contribution in [2.45, 2.75) is 38.2 Å². The van der Waals surface area contributed by atoms with Gasteiger partial charge in [-0.05, 0) is 62.9 Å². The molecular formula is C25H33N3O2. The van der Waals surface area contributed by atoms with Gasteiger partial charge in [0.05, 0.1) is 11.7 Å². The van der Waals surface area contributed by atoms with Crippen LogP contribution in [0.1, 0.15) is 42.5 Å². The zero-order chi connectivity index (χ0) is 20.6. The molecule has 0 radical (unpaired) electrons. The largest absolute Gasteiger partial charge is 0.490 e. The predicted molar refractivity (Wildman–Crippen MR) is 121 cm³/mol. The normalized spacial score (nSPS) is 17.4. The highest BCUT2D eigenvalue weighted by atomic mass is 16.5. The zero-order valence-electron chi connectivity index (χ0n) is 17.8. The first kappa shape index (κ1) is 20.7. The van der Waals surface area contributed by atoms with Crippen LogP contribution >= 0.6 is 0 Å². The van der Waals surface area contributed by atoms with Crippen LogP contribution in [-0.4, -0.2) is 56.2 Å². The first-order valence-electron chi connectivity index (χ1n) is 11.4. The molecule has 4 rings (SSSR count). The molecule has 0 atom stereocenters. The Morgan fingerprint density at radius 1 is 0.933 bits per heavy atom. The monoisotopic (exact) mass is 407 g/mol. The molecule has 1 aliphatic heterocycles. The Bertz CT molecular complexity index is 799. The van der Waals surface area contributed by atoms with Gasteiger partial charge in [0.1, 0.15) is 5.75 Å². The van der Waals surface area contributed by atoms with Crippen molar-refractivity contribution in [2.75, 3.05) is 44.2 Å². The first-order valence-corrected chi connectivity index (χ1v) is 11.4. The number of anilines is 1. The van der Waals surface area contributed by atoms with Gasteiger partial charge in [0.2, 0.25) is 0 Å². The van der Waals surface area contributed by atoms with E-state index in [-0.39, 0.29) is 12.0 Å². The van der Waals surface area contributed by atoms with Crippen molar-refractivity contribution in [1.82, 2.24) is 10.2 Å². The molecule has 0 aromatic heterocycles. The number of piperazine rings is 1. The van der Waals surface area contributed by atoms with E-state index >= 15 is 0 Å². The molecule has 30 heavy (non-hydrogen) atoms. The minimum atomic E-state index is -0.0265. The Labute approximate surface area is 180 Å². The molecular weight excluding hydrogens is 374 g/mol. The summed E-state index contributed by atoms with van der Waals surface area (Å²) >= 11 is 0. The maximum absolute atomic E-state index is 12.6. The summed E-state index contributed by atoms with van der Waals surface area (Å²) in [5.41, 5.74) is 1.97. The molecule has 0 spiro atoms. The second-order valence-corrected chi connectivity index (χ2v) is 8.29. The molecule has 2 aliphatic rings. The number of nitrogens with zero attached hydrogens (tertiary/aromatic N) is 2. The van der Waals surface area contributed by atoms with E-state index in [1.54, 1.807) is 0 Å². The van der Waals surface area contributed by atoms with E-state index in [0.29, 0.717) is 12.1 Å². The van der Waals surface area contributed by atoms with Gasteiger partial charge < -0.3 is 15.0 Å². The third-order valence-corrected chi connectivity index (χ3v) is 6.16. The van der Waals surface area contributed by atoms with Gasteiger partial charge in [-0.2, -0.15) is 0 Å². The van der Waals surface area contributed by atoms with Crippen LogP contribution in [0.25, 0.3) is 0 Å². The molecule has 1 N–H and O–H groups in total. The van der Waals surface area contributed by atoms with E-state index in [4.69, 9.17) is 4.74 Å². The van der Waals surface area contributed by atoms with Gasteiger partial charge in [-0.25, -0.2) is 0 Å². The average molecular weight is 408 g/mol. The fourth-order valence-corrected chi connectivity index (χ4v) is 4.05. The third-order valence-electron chi connectivity index (χ3n) is 6.16. The molecule has 160 valence electrons. The number of carbonyl (C=O) groups excluding carboxylic acids is 1. The topological polar surface area (TPSA) is 44.8 Å². The number of hydrogen-bond acceptors (Lipinski definition) is 4. The van der Waals surface area contributed by atoms with Crippen LogP contribution in [0.2, 0.25) is 0 Å². The summed E-state index contributed by atoms with van der Waals surface area (Å²) < 4.78 is 5.98. The van der Waals surface area contributed by atoms with Crippen molar-refractivity contribution in [1.29, 1.82) is 0 Å². The lowest BCUT2D eigenvalue weighted by Crippen LogP contribution is -2.46. The lowest BCUT2D eigenvalue weighted by Gasteiger charge is -2.36. The highest BCUT2D eigenvalue weighted by Crippen LogP contribution is 2.27. The second-order valence-electron chi connectivity index (χ2n) is 8.29. The summed E-state index contributed by atoms with van der Waals surface area (Å²) in [5, 5.41) is 3.07. The lowest BCUT2D eigenvalue weighted by molar-refractivity contribution is 0.0927. The van der Waals surface area contributed by atoms with Crippen molar-refractivity contribution < 1.29 is 9.53 Å². The number of unbranched alkanes of at least 4 members (excludes halogenated alkanes) is 1. The molecule has 2 fully saturated rings. The summed E-state index contributed by atoms with van der Waals surface area (Å²) in [6.45, 7) is 6.18. The molecule has 1 aliphatic carbocycles. The van der Waals surface area contributed by atoms with Crippen molar-refractivity contribution in [3.05, 3.63) is 60.2 Å². The van der Waals surface area contributed by atoms with E-state index < -0.39 is 0 Å². The average Bonchev–Trinajstić information content (AvgIpc) is 2.77. The van der Waals surface area contributed by atoms with Crippen LogP contribution in [-0.2, 0) is 0 Å². The number of benzene rings is 2. The molecule has 2 aromatic rings. The molecule has 1 heterocycles. The number of para-hydroxylation sites is 2. The van der Waals surface area contributed by atoms with Gasteiger partial charge >= 0.3 is 0 Å². The first-order chi connectivity index (χ1) is 14.8. The summed E-state index contributed by atoms with van der Waals surface area (Å²) in [6, 6.07) is 18.2. The van der Waals surface area contributed by atoms with Crippen molar-refractivity contribution >= 4 is 11.6 Å². The number of nitrogens with one attached hydrogen (secondary N) is 1. The highest BCUT2D eigenvalue weighted by Gasteiger charge is 2.22. The molecule has 1 saturated carbocycles. The van der Waals surface area contributed by atoms with Crippen LogP contribution in [0.15, 0.2) is 54.6 Å². The van der Waals surface area contributed by atoms with Gasteiger partial charge in [0.25, 0.3) is 5.91 Å². The van der Waals surface area contributed by atoms with E-state index in [1.165, 1.54) is 12.1 Å². The number of carbonyl (C=O) groups is 1. The molecule has 1 saturated heterocycles. The van der Waals surface area contributed by atoms with Crippen LogP contribution < -0.4 is 15.0 Å². The van der Waals surface area contributed by atoms with Gasteiger partial charge in [-0.15, -0.1) is 0 Å². The second kappa shape index (κ2) is 10.5. The maximum atomic E-state index is 12.6. The number of ether oxygens (including phenoxy) is 1. The number of rotatable bonds is 9. The molecule has 5 nitrogen and oxygen atoms in total. The smallest absolute Gasteiger partial charge is 0.255 e. The number of amides is 1. The van der Waals surface area contributed by atoms with E-state index in [0.717, 1.165) is 64.2 Å². The van der Waals surface area contributed by atoms with Crippen LogP contribution in [0, 0.1) is 0 Å². The zero-order valence-corrected chi connectivity index (χ0v) is 17.8. The predicted octanol–water partition coefficient (Wildman–Crippen LogP) is 3.95. The Hall–Kier alpha value is -2.53. The van der Waals surface area contributed by atoms with Gasteiger partial charge in [0.15, 0.2) is 0 Å². The van der Waals surface area contributed by atoms with Crippen LogP contribution in [0.3, 0.4) is 0 Å². The van der Waals surface area contributed by atoms with Crippen molar-refractivity contribution in [3.63, 3.8) is 0 Å². The molecule has 1 amide bonds. The van der Waals surface area contributed by atoms with E-state index in [2.05, 4.69) is 45.4 Å². The number of hydrogen-bond donors (Lipinski definition) is 1. The Morgan fingerprint density at radius 2 is 1.67 bits per heavy atom.